The maximum Gasteiger partial charge on any atom is 0.354 e. The zero-order valence-corrected chi connectivity index (χ0v) is 13.3. The van der Waals surface area contributed by atoms with Gasteiger partial charge in [0.05, 0.1) is 10.6 Å². The summed E-state index contributed by atoms with van der Waals surface area (Å²) in [7, 11) is -4.06. The van der Waals surface area contributed by atoms with E-state index in [0.29, 0.717) is 10.9 Å². The van der Waals surface area contributed by atoms with Crippen molar-refractivity contribution in [1.29, 1.82) is 0 Å². The fraction of sp³-hybridized carbons (Fsp3) is 0.0625. The van der Waals surface area contributed by atoms with Crippen LogP contribution in [0, 0.1) is 12.7 Å². The third-order valence-electron chi connectivity index (χ3n) is 3.53. The van der Waals surface area contributed by atoms with Crippen LogP contribution in [-0.2, 0) is 10.0 Å². The summed E-state index contributed by atoms with van der Waals surface area (Å²) in [6.45, 7) is 1.81. The number of hydrogen-bond acceptors (Lipinski definition) is 3. The first-order valence-electron chi connectivity index (χ1n) is 6.92. The van der Waals surface area contributed by atoms with Crippen LogP contribution in [0.5, 0.6) is 0 Å². The Hall–Kier alpha value is -2.87. The van der Waals surface area contributed by atoms with Crippen molar-refractivity contribution in [3.05, 3.63) is 59.5 Å². The Bertz CT molecular complexity index is 1040. The SMILES string of the molecule is Cc1ccc2[nH]c(C(=O)O)c(NS(=O)(=O)c3ccc(F)cc3)c2c1. The molecule has 0 spiro atoms. The second-order valence-corrected chi connectivity index (χ2v) is 6.97. The van der Waals surface area contributed by atoms with Gasteiger partial charge in [-0.2, -0.15) is 0 Å². The van der Waals surface area contributed by atoms with Gasteiger partial charge in [-0.1, -0.05) is 11.6 Å². The first kappa shape index (κ1) is 16.0. The lowest BCUT2D eigenvalue weighted by molar-refractivity contribution is 0.0692. The second kappa shape index (κ2) is 5.64. The Labute approximate surface area is 137 Å². The van der Waals surface area contributed by atoms with E-state index in [2.05, 4.69) is 9.71 Å². The minimum absolute atomic E-state index is 0.0504. The van der Waals surface area contributed by atoms with Gasteiger partial charge in [0.25, 0.3) is 10.0 Å². The topological polar surface area (TPSA) is 99.3 Å². The maximum absolute atomic E-state index is 13.0. The molecule has 0 amide bonds. The van der Waals surface area contributed by atoms with E-state index in [1.165, 1.54) is 0 Å². The number of nitrogens with one attached hydrogen (secondary N) is 2. The molecular weight excluding hydrogens is 335 g/mol. The van der Waals surface area contributed by atoms with Crippen LogP contribution in [-0.4, -0.2) is 24.5 Å². The number of aryl methyl sites for hydroxylation is 1. The van der Waals surface area contributed by atoms with Crippen LogP contribution in [0.1, 0.15) is 16.1 Å². The van der Waals surface area contributed by atoms with Crippen LogP contribution in [0.3, 0.4) is 0 Å². The summed E-state index contributed by atoms with van der Waals surface area (Å²) < 4.78 is 40.2. The number of aromatic amines is 1. The van der Waals surface area contributed by atoms with Gasteiger partial charge >= 0.3 is 5.97 Å². The normalized spacial score (nSPS) is 11.6. The first-order valence-corrected chi connectivity index (χ1v) is 8.40. The molecule has 0 aliphatic rings. The standard InChI is InChI=1S/C16H13FN2O4S/c1-9-2-7-13-12(8-9)14(15(18-13)16(20)21)19-24(22,23)11-5-3-10(17)4-6-11/h2-8,18-19H,1H3,(H,20,21). The predicted octanol–water partition coefficient (Wildman–Crippen LogP) is 3.11. The molecule has 3 rings (SSSR count). The smallest absolute Gasteiger partial charge is 0.354 e. The molecule has 0 bridgehead atoms. The average molecular weight is 348 g/mol. The molecule has 0 saturated carbocycles. The van der Waals surface area contributed by atoms with Crippen LogP contribution in [0.2, 0.25) is 0 Å². The highest BCUT2D eigenvalue weighted by Gasteiger charge is 2.23. The van der Waals surface area contributed by atoms with Gasteiger partial charge in [-0.25, -0.2) is 17.6 Å². The summed E-state index contributed by atoms with van der Waals surface area (Å²) >= 11 is 0. The Morgan fingerprint density at radius 2 is 1.83 bits per heavy atom. The third-order valence-corrected chi connectivity index (χ3v) is 4.89. The fourth-order valence-corrected chi connectivity index (χ4v) is 3.47. The van der Waals surface area contributed by atoms with E-state index in [4.69, 9.17) is 0 Å². The molecule has 0 unspecified atom stereocenters. The van der Waals surface area contributed by atoms with Gasteiger partial charge in [-0.3, -0.25) is 4.72 Å². The molecule has 124 valence electrons. The summed E-state index contributed by atoms with van der Waals surface area (Å²) in [5.41, 5.74) is 1.03. The van der Waals surface area contributed by atoms with E-state index in [0.717, 1.165) is 29.8 Å². The highest BCUT2D eigenvalue weighted by Crippen LogP contribution is 2.30. The van der Waals surface area contributed by atoms with E-state index >= 15 is 0 Å². The Morgan fingerprint density at radius 3 is 2.46 bits per heavy atom. The Kier molecular flexibility index (Phi) is 3.76. The zero-order valence-electron chi connectivity index (χ0n) is 12.5. The minimum Gasteiger partial charge on any atom is -0.477 e. The number of anilines is 1. The molecule has 1 aromatic heterocycles. The van der Waals surface area contributed by atoms with E-state index in [9.17, 15) is 22.7 Å². The number of rotatable bonds is 4. The highest BCUT2D eigenvalue weighted by atomic mass is 32.2. The molecule has 2 aromatic carbocycles. The van der Waals surface area contributed by atoms with Crippen molar-refractivity contribution >= 4 is 32.6 Å². The molecule has 1 heterocycles. The number of carboxylic acid groups (broad SMARTS) is 1. The van der Waals surface area contributed by atoms with Gasteiger partial charge in [0.1, 0.15) is 11.5 Å². The third kappa shape index (κ3) is 2.83. The van der Waals surface area contributed by atoms with Crippen molar-refractivity contribution in [1.82, 2.24) is 4.98 Å². The van der Waals surface area contributed by atoms with Gasteiger partial charge in [-0.05, 0) is 43.3 Å². The lowest BCUT2D eigenvalue weighted by Gasteiger charge is -2.08. The maximum atomic E-state index is 13.0. The molecule has 6 nitrogen and oxygen atoms in total. The lowest BCUT2D eigenvalue weighted by atomic mass is 10.1. The summed E-state index contributed by atoms with van der Waals surface area (Å²) in [4.78, 5) is 14.0. The van der Waals surface area contributed by atoms with Crippen molar-refractivity contribution in [2.24, 2.45) is 0 Å². The number of aromatic nitrogens is 1. The van der Waals surface area contributed by atoms with Crippen LogP contribution >= 0.6 is 0 Å². The van der Waals surface area contributed by atoms with Gasteiger partial charge in [-0.15, -0.1) is 0 Å². The molecule has 0 aliphatic carbocycles. The molecule has 0 saturated heterocycles. The molecular formula is C16H13FN2O4S. The van der Waals surface area contributed by atoms with Gasteiger partial charge in [0.15, 0.2) is 0 Å². The molecule has 0 aliphatic heterocycles. The van der Waals surface area contributed by atoms with Crippen molar-refractivity contribution in [3.63, 3.8) is 0 Å². The zero-order chi connectivity index (χ0) is 17.5. The monoisotopic (exact) mass is 348 g/mol. The van der Waals surface area contributed by atoms with Crippen molar-refractivity contribution in [2.45, 2.75) is 11.8 Å². The first-order chi connectivity index (χ1) is 11.3. The van der Waals surface area contributed by atoms with Crippen LogP contribution in [0.25, 0.3) is 10.9 Å². The fourth-order valence-electron chi connectivity index (χ4n) is 2.38. The average Bonchev–Trinajstić information content (AvgIpc) is 2.85. The minimum atomic E-state index is -4.06. The number of carbonyl (C=O) groups is 1. The predicted molar refractivity (Wildman–Crippen MR) is 87.2 cm³/mol. The van der Waals surface area contributed by atoms with Gasteiger partial charge < -0.3 is 10.1 Å². The molecule has 0 atom stereocenters. The lowest BCUT2D eigenvalue weighted by Crippen LogP contribution is -2.15. The summed E-state index contributed by atoms with van der Waals surface area (Å²) in [5.74, 6) is -1.86. The summed E-state index contributed by atoms with van der Waals surface area (Å²) in [5, 5.41) is 9.77. The number of aromatic carboxylic acids is 1. The Morgan fingerprint density at radius 1 is 1.17 bits per heavy atom. The quantitative estimate of drug-likeness (QED) is 0.674. The number of benzene rings is 2. The number of carboxylic acids is 1. The molecule has 8 heteroatoms. The van der Waals surface area contributed by atoms with Crippen LogP contribution < -0.4 is 4.72 Å². The molecule has 0 fully saturated rings. The van der Waals surface area contributed by atoms with Crippen molar-refractivity contribution < 1.29 is 22.7 Å². The van der Waals surface area contributed by atoms with E-state index < -0.39 is 21.8 Å². The molecule has 3 aromatic rings. The largest absolute Gasteiger partial charge is 0.477 e. The number of H-pyrrole nitrogens is 1. The number of hydrogen-bond donors (Lipinski definition) is 3. The van der Waals surface area contributed by atoms with Gasteiger partial charge in [0, 0.05) is 10.9 Å². The highest BCUT2D eigenvalue weighted by molar-refractivity contribution is 7.92. The summed E-state index contributed by atoms with van der Waals surface area (Å²) in [6.07, 6.45) is 0. The van der Waals surface area contributed by atoms with Crippen LogP contribution in [0.4, 0.5) is 10.1 Å². The Balaban J connectivity index is 2.14. The molecule has 0 radical (unpaired) electrons. The van der Waals surface area contributed by atoms with Crippen molar-refractivity contribution in [3.8, 4) is 0 Å². The van der Waals surface area contributed by atoms with E-state index in [1.54, 1.807) is 18.2 Å². The van der Waals surface area contributed by atoms with Gasteiger partial charge in [0.2, 0.25) is 0 Å². The van der Waals surface area contributed by atoms with E-state index in [1.807, 2.05) is 6.92 Å². The van der Waals surface area contributed by atoms with Crippen molar-refractivity contribution in [2.75, 3.05) is 4.72 Å². The number of sulfonamides is 1. The molecule has 3 N–H and O–H groups in total. The second-order valence-electron chi connectivity index (χ2n) is 5.29. The number of halogens is 1. The summed E-state index contributed by atoms with van der Waals surface area (Å²) in [6, 6.07) is 9.39. The number of fused-ring (bicyclic) bond motifs is 1. The molecule has 24 heavy (non-hydrogen) atoms. The van der Waals surface area contributed by atoms with E-state index in [-0.39, 0.29) is 16.3 Å². The van der Waals surface area contributed by atoms with Crippen LogP contribution in [0.15, 0.2) is 47.4 Å².